The van der Waals surface area contributed by atoms with Crippen molar-refractivity contribution in [2.24, 2.45) is 0 Å². The molecule has 2 aromatic rings. The number of nitrogens with one attached hydrogen (secondary N) is 1. The van der Waals surface area contributed by atoms with Crippen molar-refractivity contribution in [3.8, 4) is 5.75 Å². The van der Waals surface area contributed by atoms with Crippen LogP contribution in [0.5, 0.6) is 5.75 Å². The number of likely N-dealkylation sites (N-methyl/N-ethyl adjacent to an activating group) is 1. The molecular weight excluding hydrogens is 336 g/mol. The highest BCUT2D eigenvalue weighted by atomic mass is 19.3. The van der Waals surface area contributed by atoms with Gasteiger partial charge in [-0.3, -0.25) is 4.79 Å². The van der Waals surface area contributed by atoms with Crippen LogP contribution in [0.3, 0.4) is 0 Å². The Morgan fingerprint density at radius 3 is 2.46 bits per heavy atom. The topological polar surface area (TPSA) is 38.3 Å². The van der Waals surface area contributed by atoms with Crippen LogP contribution in [0.2, 0.25) is 0 Å². The molecule has 140 valence electrons. The van der Waals surface area contributed by atoms with Crippen LogP contribution in [0.15, 0.2) is 36.4 Å². The standard InChI is InChI=1S/C21H25F2NO2/c1-4-14-9-10-19(17(11-14)21(22)23)26-13-18-15(5-2)7-6-8-16(18)12-20(25)24-3/h6-11,21H,4-5,12-13H2,1-3H3,(H,24,25). The molecule has 26 heavy (non-hydrogen) atoms. The van der Waals surface area contributed by atoms with Gasteiger partial charge in [-0.2, -0.15) is 0 Å². The molecule has 0 saturated carbocycles. The fraction of sp³-hybridized carbons (Fsp3) is 0.381. The van der Waals surface area contributed by atoms with Gasteiger partial charge >= 0.3 is 0 Å². The number of alkyl halides is 2. The summed E-state index contributed by atoms with van der Waals surface area (Å²) in [6.07, 6.45) is -0.895. The van der Waals surface area contributed by atoms with Crippen molar-refractivity contribution < 1.29 is 18.3 Å². The molecule has 0 aliphatic rings. The molecule has 0 unspecified atom stereocenters. The van der Waals surface area contributed by atoms with E-state index in [2.05, 4.69) is 5.32 Å². The summed E-state index contributed by atoms with van der Waals surface area (Å²) in [5.74, 6) is 0.0917. The Labute approximate surface area is 153 Å². The molecule has 0 saturated heterocycles. The summed E-state index contributed by atoms with van der Waals surface area (Å²) in [7, 11) is 1.59. The van der Waals surface area contributed by atoms with Crippen molar-refractivity contribution in [2.45, 2.75) is 46.1 Å². The maximum atomic E-state index is 13.4. The minimum Gasteiger partial charge on any atom is -0.488 e. The van der Waals surface area contributed by atoms with Crippen LogP contribution in [0.1, 0.15) is 48.1 Å². The molecule has 2 rings (SSSR count). The maximum Gasteiger partial charge on any atom is 0.267 e. The first-order chi connectivity index (χ1) is 12.5. The molecule has 0 aromatic heterocycles. The van der Waals surface area contributed by atoms with Crippen molar-refractivity contribution in [3.05, 3.63) is 64.2 Å². The van der Waals surface area contributed by atoms with Crippen LogP contribution in [0, 0.1) is 0 Å². The highest BCUT2D eigenvalue weighted by molar-refractivity contribution is 5.78. The number of hydrogen-bond donors (Lipinski definition) is 1. The molecular formula is C21H25F2NO2. The Balaban J connectivity index is 2.30. The number of amides is 1. The van der Waals surface area contributed by atoms with Gasteiger partial charge in [0.2, 0.25) is 5.91 Å². The van der Waals surface area contributed by atoms with Crippen LogP contribution in [0.25, 0.3) is 0 Å². The number of benzene rings is 2. The summed E-state index contributed by atoms with van der Waals surface area (Å²) in [5.41, 5.74) is 3.55. The zero-order valence-corrected chi connectivity index (χ0v) is 15.4. The largest absolute Gasteiger partial charge is 0.488 e. The van der Waals surface area contributed by atoms with Crippen molar-refractivity contribution in [3.63, 3.8) is 0 Å². The lowest BCUT2D eigenvalue weighted by Gasteiger charge is -2.17. The maximum absolute atomic E-state index is 13.4. The Hall–Kier alpha value is -2.43. The van der Waals surface area contributed by atoms with Crippen LogP contribution in [0.4, 0.5) is 8.78 Å². The number of ether oxygens (including phenoxy) is 1. The first-order valence-electron chi connectivity index (χ1n) is 8.84. The van der Waals surface area contributed by atoms with Gasteiger partial charge in [0, 0.05) is 7.05 Å². The van der Waals surface area contributed by atoms with E-state index in [0.29, 0.717) is 6.42 Å². The van der Waals surface area contributed by atoms with Crippen LogP contribution in [-0.2, 0) is 30.7 Å². The summed E-state index contributed by atoms with van der Waals surface area (Å²) in [5, 5.41) is 2.61. The van der Waals surface area contributed by atoms with E-state index < -0.39 is 6.43 Å². The summed E-state index contributed by atoms with van der Waals surface area (Å²) in [4.78, 5) is 11.8. The molecule has 0 atom stereocenters. The van der Waals surface area contributed by atoms with Crippen molar-refractivity contribution in [1.29, 1.82) is 0 Å². The summed E-state index contributed by atoms with van der Waals surface area (Å²) in [6.45, 7) is 4.10. The quantitative estimate of drug-likeness (QED) is 0.745. The summed E-state index contributed by atoms with van der Waals surface area (Å²) >= 11 is 0. The van der Waals surface area contributed by atoms with Crippen molar-refractivity contribution >= 4 is 5.91 Å². The molecule has 0 spiro atoms. The average Bonchev–Trinajstić information content (AvgIpc) is 2.66. The number of rotatable bonds is 8. The van der Waals surface area contributed by atoms with E-state index in [1.807, 2.05) is 32.0 Å². The third kappa shape index (κ3) is 4.81. The highest BCUT2D eigenvalue weighted by Crippen LogP contribution is 2.31. The molecule has 0 aliphatic heterocycles. The molecule has 0 fully saturated rings. The molecule has 0 radical (unpaired) electrons. The Morgan fingerprint density at radius 2 is 1.85 bits per heavy atom. The van der Waals surface area contributed by atoms with E-state index in [9.17, 15) is 13.6 Å². The summed E-state index contributed by atoms with van der Waals surface area (Å²) < 4.78 is 32.5. The van der Waals surface area contributed by atoms with E-state index in [1.54, 1.807) is 19.2 Å². The predicted octanol–water partition coefficient (Wildman–Crippen LogP) is 4.62. The smallest absolute Gasteiger partial charge is 0.267 e. The van der Waals surface area contributed by atoms with Crippen LogP contribution in [-0.4, -0.2) is 13.0 Å². The molecule has 5 heteroatoms. The van der Waals surface area contributed by atoms with Crippen molar-refractivity contribution in [1.82, 2.24) is 5.32 Å². The predicted molar refractivity (Wildman–Crippen MR) is 98.7 cm³/mol. The fourth-order valence-electron chi connectivity index (χ4n) is 2.90. The SMILES string of the molecule is CCc1ccc(OCc2c(CC)cccc2CC(=O)NC)c(C(F)F)c1. The van der Waals surface area contributed by atoms with Gasteiger partial charge in [-0.15, -0.1) is 0 Å². The monoisotopic (exact) mass is 361 g/mol. The van der Waals surface area contributed by atoms with Gasteiger partial charge in [0.15, 0.2) is 0 Å². The Morgan fingerprint density at radius 1 is 1.12 bits per heavy atom. The normalized spacial score (nSPS) is 10.8. The molecule has 0 bridgehead atoms. The van der Waals surface area contributed by atoms with Gasteiger partial charge in [0.1, 0.15) is 12.4 Å². The van der Waals surface area contributed by atoms with Crippen molar-refractivity contribution in [2.75, 3.05) is 7.05 Å². The summed E-state index contributed by atoms with van der Waals surface area (Å²) in [6, 6.07) is 10.7. The zero-order valence-electron chi connectivity index (χ0n) is 15.4. The minimum absolute atomic E-state index is 0.0915. The van der Waals surface area contributed by atoms with E-state index in [0.717, 1.165) is 28.7 Å². The minimum atomic E-state index is -2.59. The molecule has 3 nitrogen and oxygen atoms in total. The molecule has 0 heterocycles. The molecule has 2 aromatic carbocycles. The van der Waals surface area contributed by atoms with E-state index in [1.165, 1.54) is 6.07 Å². The third-order valence-corrected chi connectivity index (χ3v) is 4.47. The third-order valence-electron chi connectivity index (χ3n) is 4.47. The van der Waals surface area contributed by atoms with E-state index in [4.69, 9.17) is 4.74 Å². The zero-order chi connectivity index (χ0) is 19.1. The van der Waals surface area contributed by atoms with E-state index >= 15 is 0 Å². The van der Waals surface area contributed by atoms with Gasteiger partial charge in [-0.1, -0.05) is 38.1 Å². The lowest BCUT2D eigenvalue weighted by molar-refractivity contribution is -0.119. The van der Waals surface area contributed by atoms with Gasteiger partial charge in [-0.05, 0) is 47.2 Å². The second-order valence-corrected chi connectivity index (χ2v) is 6.07. The number of aryl methyl sites for hydroxylation is 2. The molecule has 1 N–H and O–H groups in total. The lowest BCUT2D eigenvalue weighted by Crippen LogP contribution is -2.21. The number of halogens is 2. The lowest BCUT2D eigenvalue weighted by atomic mass is 9.97. The van der Waals surface area contributed by atoms with Gasteiger partial charge in [0.05, 0.1) is 12.0 Å². The second kappa shape index (κ2) is 9.32. The van der Waals surface area contributed by atoms with Gasteiger partial charge in [0.25, 0.3) is 6.43 Å². The number of carbonyl (C=O) groups is 1. The first-order valence-corrected chi connectivity index (χ1v) is 8.84. The molecule has 0 aliphatic carbocycles. The van der Waals surface area contributed by atoms with Gasteiger partial charge < -0.3 is 10.1 Å². The molecule has 1 amide bonds. The number of hydrogen-bond acceptors (Lipinski definition) is 2. The average molecular weight is 361 g/mol. The Bertz CT molecular complexity index is 760. The van der Waals surface area contributed by atoms with Gasteiger partial charge in [-0.25, -0.2) is 8.78 Å². The van der Waals surface area contributed by atoms with Crippen LogP contribution < -0.4 is 10.1 Å². The first kappa shape index (κ1) is 19.9. The fourth-order valence-corrected chi connectivity index (χ4v) is 2.90. The highest BCUT2D eigenvalue weighted by Gasteiger charge is 2.17. The van der Waals surface area contributed by atoms with E-state index in [-0.39, 0.29) is 30.2 Å². The second-order valence-electron chi connectivity index (χ2n) is 6.07. The Kier molecular flexibility index (Phi) is 7.13. The number of carbonyl (C=O) groups excluding carboxylic acids is 1. The van der Waals surface area contributed by atoms with Crippen LogP contribution >= 0.6 is 0 Å².